The molecule has 104 valence electrons. The second kappa shape index (κ2) is 6.35. The molecule has 1 aromatic carbocycles. The van der Waals surface area contributed by atoms with Crippen LogP contribution in [0.15, 0.2) is 22.7 Å². The molecule has 0 saturated heterocycles. The molecular weight excluding hydrogens is 377 g/mol. The molecule has 19 heavy (non-hydrogen) atoms. The van der Waals surface area contributed by atoms with Crippen LogP contribution < -0.4 is 5.32 Å². The van der Waals surface area contributed by atoms with E-state index in [2.05, 4.69) is 37.2 Å². The van der Waals surface area contributed by atoms with Crippen molar-refractivity contribution < 1.29 is 9.18 Å². The summed E-state index contributed by atoms with van der Waals surface area (Å²) in [4.78, 5) is 12.1. The summed E-state index contributed by atoms with van der Waals surface area (Å²) in [7, 11) is 0. The molecule has 2 nitrogen and oxygen atoms in total. The van der Waals surface area contributed by atoms with E-state index in [0.717, 1.165) is 18.2 Å². The zero-order chi connectivity index (χ0) is 13.9. The minimum absolute atomic E-state index is 0.162. The fourth-order valence-corrected chi connectivity index (χ4v) is 3.73. The standard InChI is InChI=1S/C14H16Br2FNO/c15-8-14(6-1-2-7-14)9-18-13(19)10-4-3-5-11(17)12(10)16/h3-5H,1-2,6-9H2,(H,18,19). The Morgan fingerprint density at radius 3 is 2.68 bits per heavy atom. The second-order valence-corrected chi connectivity index (χ2v) is 6.48. The third kappa shape index (κ3) is 3.37. The first-order chi connectivity index (χ1) is 9.08. The number of benzene rings is 1. The van der Waals surface area contributed by atoms with Crippen LogP contribution in [0.3, 0.4) is 0 Å². The van der Waals surface area contributed by atoms with Crippen molar-refractivity contribution >= 4 is 37.8 Å². The number of rotatable bonds is 4. The van der Waals surface area contributed by atoms with Gasteiger partial charge in [-0.1, -0.05) is 34.8 Å². The van der Waals surface area contributed by atoms with Crippen LogP contribution in [0.2, 0.25) is 0 Å². The van der Waals surface area contributed by atoms with Crippen molar-refractivity contribution in [1.29, 1.82) is 0 Å². The highest BCUT2D eigenvalue weighted by Gasteiger charge is 2.33. The Balaban J connectivity index is 2.03. The molecule has 5 heteroatoms. The van der Waals surface area contributed by atoms with E-state index < -0.39 is 5.82 Å². The molecule has 0 aromatic heterocycles. The summed E-state index contributed by atoms with van der Waals surface area (Å²) in [6.07, 6.45) is 4.68. The van der Waals surface area contributed by atoms with E-state index in [9.17, 15) is 9.18 Å². The summed E-state index contributed by atoms with van der Waals surface area (Å²) in [5.41, 5.74) is 0.512. The number of alkyl halides is 1. The molecule has 2 rings (SSSR count). The van der Waals surface area contributed by atoms with Crippen LogP contribution in [0.25, 0.3) is 0 Å². The second-order valence-electron chi connectivity index (χ2n) is 5.12. The minimum atomic E-state index is -0.413. The first kappa shape index (κ1) is 15.0. The van der Waals surface area contributed by atoms with Gasteiger partial charge in [-0.3, -0.25) is 4.79 Å². The molecule has 1 saturated carbocycles. The number of hydrogen-bond donors (Lipinski definition) is 1. The zero-order valence-corrected chi connectivity index (χ0v) is 13.7. The summed E-state index contributed by atoms with van der Waals surface area (Å²) in [6, 6.07) is 4.50. The largest absolute Gasteiger partial charge is 0.351 e. The van der Waals surface area contributed by atoms with Gasteiger partial charge in [0, 0.05) is 11.9 Å². The average molecular weight is 393 g/mol. The van der Waals surface area contributed by atoms with E-state index in [4.69, 9.17) is 0 Å². The first-order valence-electron chi connectivity index (χ1n) is 6.36. The fourth-order valence-electron chi connectivity index (χ4n) is 2.52. The molecule has 0 spiro atoms. The van der Waals surface area contributed by atoms with Gasteiger partial charge in [0.05, 0.1) is 10.0 Å². The Kier molecular flexibility index (Phi) is 5.01. The van der Waals surface area contributed by atoms with E-state index in [0.29, 0.717) is 12.1 Å². The maximum atomic E-state index is 13.4. The van der Waals surface area contributed by atoms with Crippen LogP contribution in [0.4, 0.5) is 4.39 Å². The molecule has 1 N–H and O–H groups in total. The summed E-state index contributed by atoms with van der Waals surface area (Å²) >= 11 is 6.66. The number of amides is 1. The molecule has 1 aliphatic carbocycles. The van der Waals surface area contributed by atoms with Crippen molar-refractivity contribution in [3.05, 3.63) is 34.1 Å². The van der Waals surface area contributed by atoms with Gasteiger partial charge in [0.1, 0.15) is 5.82 Å². The number of nitrogens with one attached hydrogen (secondary N) is 1. The highest BCUT2D eigenvalue weighted by molar-refractivity contribution is 9.10. The quantitative estimate of drug-likeness (QED) is 0.761. The van der Waals surface area contributed by atoms with E-state index in [1.807, 2.05) is 0 Å². The molecule has 0 aliphatic heterocycles. The van der Waals surface area contributed by atoms with Gasteiger partial charge in [-0.05, 0) is 46.3 Å². The molecule has 0 unspecified atom stereocenters. The maximum absolute atomic E-state index is 13.4. The maximum Gasteiger partial charge on any atom is 0.252 e. The molecule has 1 aliphatic rings. The van der Waals surface area contributed by atoms with Crippen molar-refractivity contribution in [3.63, 3.8) is 0 Å². The SMILES string of the molecule is O=C(NCC1(CBr)CCCC1)c1cccc(F)c1Br. The molecule has 0 radical (unpaired) electrons. The predicted octanol–water partition coefficient (Wildman–Crippen LogP) is 4.27. The van der Waals surface area contributed by atoms with Crippen molar-refractivity contribution in [1.82, 2.24) is 5.32 Å². The van der Waals surface area contributed by atoms with Crippen molar-refractivity contribution in [2.45, 2.75) is 25.7 Å². The lowest BCUT2D eigenvalue weighted by Crippen LogP contribution is -2.37. The van der Waals surface area contributed by atoms with Gasteiger partial charge in [0.25, 0.3) is 5.91 Å². The lowest BCUT2D eigenvalue weighted by Gasteiger charge is -2.26. The summed E-state index contributed by atoms with van der Waals surface area (Å²) in [6.45, 7) is 0.639. The van der Waals surface area contributed by atoms with E-state index in [-0.39, 0.29) is 15.8 Å². The van der Waals surface area contributed by atoms with Gasteiger partial charge >= 0.3 is 0 Å². The minimum Gasteiger partial charge on any atom is -0.351 e. The topological polar surface area (TPSA) is 29.1 Å². The van der Waals surface area contributed by atoms with Crippen LogP contribution >= 0.6 is 31.9 Å². The molecule has 1 fully saturated rings. The Morgan fingerprint density at radius 2 is 2.05 bits per heavy atom. The Labute approximate surface area is 129 Å². The van der Waals surface area contributed by atoms with Crippen LogP contribution in [-0.4, -0.2) is 17.8 Å². The Morgan fingerprint density at radius 1 is 1.37 bits per heavy atom. The van der Waals surface area contributed by atoms with E-state index in [1.54, 1.807) is 12.1 Å². The van der Waals surface area contributed by atoms with Gasteiger partial charge < -0.3 is 5.32 Å². The number of carbonyl (C=O) groups is 1. The monoisotopic (exact) mass is 391 g/mol. The molecule has 0 bridgehead atoms. The summed E-state index contributed by atoms with van der Waals surface area (Å²) in [5.74, 6) is -0.637. The fraction of sp³-hybridized carbons (Fsp3) is 0.500. The smallest absolute Gasteiger partial charge is 0.252 e. The Bertz CT molecular complexity index is 473. The van der Waals surface area contributed by atoms with Crippen molar-refractivity contribution in [2.24, 2.45) is 5.41 Å². The average Bonchev–Trinajstić information content (AvgIpc) is 2.89. The lowest BCUT2D eigenvalue weighted by molar-refractivity contribution is 0.0934. The molecule has 0 atom stereocenters. The third-order valence-corrected chi connectivity index (χ3v) is 5.76. The van der Waals surface area contributed by atoms with E-state index >= 15 is 0 Å². The molecule has 1 aromatic rings. The van der Waals surface area contributed by atoms with Gasteiger partial charge in [-0.2, -0.15) is 0 Å². The number of halogens is 3. The zero-order valence-electron chi connectivity index (χ0n) is 10.5. The van der Waals surface area contributed by atoms with Crippen molar-refractivity contribution in [3.8, 4) is 0 Å². The van der Waals surface area contributed by atoms with Crippen LogP contribution in [0.5, 0.6) is 0 Å². The predicted molar refractivity (Wildman–Crippen MR) is 81.1 cm³/mol. The van der Waals surface area contributed by atoms with Crippen molar-refractivity contribution in [2.75, 3.05) is 11.9 Å². The van der Waals surface area contributed by atoms with Gasteiger partial charge in [0.2, 0.25) is 0 Å². The Hall–Kier alpha value is -0.420. The van der Waals surface area contributed by atoms with Crippen LogP contribution in [0, 0.1) is 11.2 Å². The van der Waals surface area contributed by atoms with E-state index in [1.165, 1.54) is 18.9 Å². The van der Waals surface area contributed by atoms with Crippen LogP contribution in [-0.2, 0) is 0 Å². The highest BCUT2D eigenvalue weighted by Crippen LogP contribution is 2.39. The normalized spacial score (nSPS) is 17.4. The molecular formula is C14H16Br2FNO. The molecule has 0 heterocycles. The summed E-state index contributed by atoms with van der Waals surface area (Å²) in [5, 5.41) is 3.83. The van der Waals surface area contributed by atoms with Gasteiger partial charge in [-0.15, -0.1) is 0 Å². The lowest BCUT2D eigenvalue weighted by atomic mass is 9.89. The highest BCUT2D eigenvalue weighted by atomic mass is 79.9. The third-order valence-electron chi connectivity index (χ3n) is 3.77. The molecule has 1 amide bonds. The summed E-state index contributed by atoms with van der Waals surface area (Å²) < 4.78 is 13.6. The first-order valence-corrected chi connectivity index (χ1v) is 8.28. The van der Waals surface area contributed by atoms with Crippen LogP contribution in [0.1, 0.15) is 36.0 Å². The van der Waals surface area contributed by atoms with Gasteiger partial charge in [0.15, 0.2) is 0 Å². The number of hydrogen-bond acceptors (Lipinski definition) is 1. The number of carbonyl (C=O) groups excluding carboxylic acids is 1. The van der Waals surface area contributed by atoms with Gasteiger partial charge in [-0.25, -0.2) is 4.39 Å².